The van der Waals surface area contributed by atoms with Crippen LogP contribution in [-0.4, -0.2) is 61.9 Å². The molecule has 1 amide bonds. The largest absolute Gasteiger partial charge is 0.384 e. The molecule has 0 saturated carbocycles. The fourth-order valence-electron chi connectivity index (χ4n) is 4.39. The van der Waals surface area contributed by atoms with Gasteiger partial charge in [-0.15, -0.1) is 5.10 Å². The maximum Gasteiger partial charge on any atom is 0.255 e. The molecule has 2 aliphatic rings. The Kier molecular flexibility index (Phi) is 5.54. The Bertz CT molecular complexity index is 837. The lowest BCUT2D eigenvalue weighted by atomic mass is 9.93. The van der Waals surface area contributed by atoms with Gasteiger partial charge in [0.2, 0.25) is 0 Å². The van der Waals surface area contributed by atoms with Gasteiger partial charge in [-0.1, -0.05) is 19.1 Å². The zero-order chi connectivity index (χ0) is 20.4. The van der Waals surface area contributed by atoms with Gasteiger partial charge in [-0.05, 0) is 49.3 Å². The van der Waals surface area contributed by atoms with Crippen molar-refractivity contribution in [3.8, 4) is 0 Å². The number of amides is 1. The maximum absolute atomic E-state index is 12.6. The van der Waals surface area contributed by atoms with Crippen molar-refractivity contribution in [1.29, 1.82) is 0 Å². The molecule has 8 nitrogen and oxygen atoms in total. The quantitative estimate of drug-likeness (QED) is 0.830. The van der Waals surface area contributed by atoms with E-state index in [1.165, 1.54) is 6.42 Å². The van der Waals surface area contributed by atoms with Crippen molar-refractivity contribution in [2.75, 3.05) is 31.9 Å². The summed E-state index contributed by atoms with van der Waals surface area (Å²) in [5, 5.41) is 8.71. The average molecular weight is 398 g/mol. The average Bonchev–Trinajstić information content (AvgIpc) is 3.28. The molecule has 4 rings (SSSR count). The van der Waals surface area contributed by atoms with Crippen molar-refractivity contribution in [1.82, 2.24) is 29.8 Å². The molecule has 2 aromatic rings. The van der Waals surface area contributed by atoms with Gasteiger partial charge in [0, 0.05) is 45.1 Å². The van der Waals surface area contributed by atoms with E-state index in [0.717, 1.165) is 57.8 Å². The van der Waals surface area contributed by atoms with Crippen LogP contribution < -0.4 is 5.73 Å². The number of pyridine rings is 1. The van der Waals surface area contributed by atoms with Crippen molar-refractivity contribution >= 4 is 11.7 Å². The van der Waals surface area contributed by atoms with Crippen LogP contribution in [0, 0.1) is 11.3 Å². The summed E-state index contributed by atoms with van der Waals surface area (Å²) in [6.07, 6.45) is 6.84. The molecular formula is C21H31N7O. The standard InChI is InChI=1S/C21H31N7O/c1-21(2)7-10-26(15-21)13-18-14-28(25-24-18)12-16-5-8-27(9-6-16)20(29)17-3-4-19(22)23-11-17/h3-4,11,14,16H,5-10,12-13,15H2,1-2H3,(H2,22,23). The monoisotopic (exact) mass is 397 g/mol. The molecular weight excluding hydrogens is 366 g/mol. The molecule has 2 aliphatic heterocycles. The number of aromatic nitrogens is 4. The van der Waals surface area contributed by atoms with E-state index in [0.29, 0.717) is 22.7 Å². The zero-order valence-corrected chi connectivity index (χ0v) is 17.4. The number of carbonyl (C=O) groups is 1. The Morgan fingerprint density at radius 2 is 2.03 bits per heavy atom. The molecule has 0 radical (unpaired) electrons. The second-order valence-electron chi connectivity index (χ2n) is 9.26. The van der Waals surface area contributed by atoms with E-state index in [-0.39, 0.29) is 5.91 Å². The zero-order valence-electron chi connectivity index (χ0n) is 17.4. The van der Waals surface area contributed by atoms with Gasteiger partial charge in [0.05, 0.1) is 11.3 Å². The van der Waals surface area contributed by atoms with Gasteiger partial charge in [-0.3, -0.25) is 14.4 Å². The predicted octanol–water partition coefficient (Wildman–Crippen LogP) is 2.04. The van der Waals surface area contributed by atoms with Gasteiger partial charge < -0.3 is 10.6 Å². The first-order chi connectivity index (χ1) is 13.9. The van der Waals surface area contributed by atoms with E-state index in [4.69, 9.17) is 5.73 Å². The molecule has 0 unspecified atom stereocenters. The highest BCUT2D eigenvalue weighted by molar-refractivity contribution is 5.94. The molecule has 29 heavy (non-hydrogen) atoms. The highest BCUT2D eigenvalue weighted by atomic mass is 16.2. The van der Waals surface area contributed by atoms with E-state index < -0.39 is 0 Å². The van der Waals surface area contributed by atoms with Gasteiger partial charge in [0.25, 0.3) is 5.91 Å². The summed E-state index contributed by atoms with van der Waals surface area (Å²) >= 11 is 0. The van der Waals surface area contributed by atoms with E-state index in [1.54, 1.807) is 18.3 Å². The fourth-order valence-corrected chi connectivity index (χ4v) is 4.39. The van der Waals surface area contributed by atoms with Gasteiger partial charge in [-0.2, -0.15) is 0 Å². The summed E-state index contributed by atoms with van der Waals surface area (Å²) < 4.78 is 1.97. The van der Waals surface area contributed by atoms with Crippen molar-refractivity contribution in [3.63, 3.8) is 0 Å². The SMILES string of the molecule is CC1(C)CCN(Cc2cn(CC3CCN(C(=O)c4ccc(N)nc4)CC3)nn2)C1. The lowest BCUT2D eigenvalue weighted by Gasteiger charge is -2.31. The summed E-state index contributed by atoms with van der Waals surface area (Å²) in [5.41, 5.74) is 7.66. The highest BCUT2D eigenvalue weighted by Gasteiger charge is 2.29. The molecule has 0 aromatic carbocycles. The first-order valence-electron chi connectivity index (χ1n) is 10.5. The third-order valence-corrected chi connectivity index (χ3v) is 6.11. The van der Waals surface area contributed by atoms with Crippen LogP contribution in [0.25, 0.3) is 0 Å². The smallest absolute Gasteiger partial charge is 0.255 e. The molecule has 0 aliphatic carbocycles. The number of hydrogen-bond donors (Lipinski definition) is 1. The van der Waals surface area contributed by atoms with Crippen LogP contribution in [0.2, 0.25) is 0 Å². The summed E-state index contributed by atoms with van der Waals surface area (Å²) in [4.78, 5) is 21.0. The van der Waals surface area contributed by atoms with E-state index in [1.807, 2.05) is 9.58 Å². The van der Waals surface area contributed by atoms with Crippen LogP contribution in [0.4, 0.5) is 5.82 Å². The van der Waals surface area contributed by atoms with Crippen LogP contribution >= 0.6 is 0 Å². The second kappa shape index (κ2) is 8.10. The van der Waals surface area contributed by atoms with Crippen molar-refractivity contribution in [2.24, 2.45) is 11.3 Å². The number of likely N-dealkylation sites (tertiary alicyclic amines) is 2. The number of nitrogens with zero attached hydrogens (tertiary/aromatic N) is 6. The first kappa shape index (κ1) is 19.8. The Labute approximate surface area is 172 Å². The number of nitrogens with two attached hydrogens (primary N) is 1. The molecule has 0 atom stereocenters. The maximum atomic E-state index is 12.6. The number of carbonyl (C=O) groups excluding carboxylic acids is 1. The first-order valence-corrected chi connectivity index (χ1v) is 10.5. The number of nitrogen functional groups attached to an aromatic ring is 1. The molecule has 156 valence electrons. The molecule has 2 fully saturated rings. The Morgan fingerprint density at radius 3 is 2.69 bits per heavy atom. The van der Waals surface area contributed by atoms with Gasteiger partial charge >= 0.3 is 0 Å². The van der Waals surface area contributed by atoms with Crippen molar-refractivity contribution in [2.45, 2.75) is 46.2 Å². The molecule has 2 N–H and O–H groups in total. The highest BCUT2D eigenvalue weighted by Crippen LogP contribution is 2.29. The molecule has 2 saturated heterocycles. The van der Waals surface area contributed by atoms with Crippen LogP contribution in [0.1, 0.15) is 49.2 Å². The lowest BCUT2D eigenvalue weighted by molar-refractivity contribution is 0.0680. The fraction of sp³-hybridized carbons (Fsp3) is 0.619. The van der Waals surface area contributed by atoms with Crippen LogP contribution in [0.15, 0.2) is 24.5 Å². The third-order valence-electron chi connectivity index (χ3n) is 6.11. The van der Waals surface area contributed by atoms with Gasteiger partial charge in [0.1, 0.15) is 5.82 Å². The topological polar surface area (TPSA) is 93.2 Å². The molecule has 0 spiro atoms. The minimum absolute atomic E-state index is 0.0347. The number of hydrogen-bond acceptors (Lipinski definition) is 6. The van der Waals surface area contributed by atoms with Crippen LogP contribution in [0.3, 0.4) is 0 Å². The third kappa shape index (κ3) is 4.93. The second-order valence-corrected chi connectivity index (χ2v) is 9.26. The number of piperidine rings is 1. The molecule has 4 heterocycles. The number of anilines is 1. The summed E-state index contributed by atoms with van der Waals surface area (Å²) in [6, 6.07) is 3.42. The summed E-state index contributed by atoms with van der Waals surface area (Å²) in [5.74, 6) is 0.984. The van der Waals surface area contributed by atoms with Gasteiger partial charge in [-0.25, -0.2) is 4.98 Å². The van der Waals surface area contributed by atoms with E-state index in [2.05, 4.69) is 40.2 Å². The lowest BCUT2D eigenvalue weighted by Crippen LogP contribution is -2.39. The Hall–Kier alpha value is -2.48. The Morgan fingerprint density at radius 1 is 1.24 bits per heavy atom. The minimum Gasteiger partial charge on any atom is -0.384 e. The number of rotatable bonds is 5. The van der Waals surface area contributed by atoms with E-state index in [9.17, 15) is 4.79 Å². The molecule has 0 bridgehead atoms. The normalized spacial score (nSPS) is 20.3. The van der Waals surface area contributed by atoms with Crippen LogP contribution in [-0.2, 0) is 13.1 Å². The molecule has 8 heteroatoms. The summed E-state index contributed by atoms with van der Waals surface area (Å²) in [6.45, 7) is 10.2. The predicted molar refractivity (Wildman–Crippen MR) is 111 cm³/mol. The van der Waals surface area contributed by atoms with E-state index >= 15 is 0 Å². The minimum atomic E-state index is 0.0347. The van der Waals surface area contributed by atoms with Crippen molar-refractivity contribution in [3.05, 3.63) is 35.8 Å². The Balaban J connectivity index is 1.25. The molecule has 2 aromatic heterocycles. The summed E-state index contributed by atoms with van der Waals surface area (Å²) in [7, 11) is 0. The van der Waals surface area contributed by atoms with Gasteiger partial charge in [0.15, 0.2) is 0 Å². The van der Waals surface area contributed by atoms with Crippen molar-refractivity contribution < 1.29 is 4.79 Å². The van der Waals surface area contributed by atoms with Crippen LogP contribution in [0.5, 0.6) is 0 Å².